The molecule has 2 aromatic rings. The van der Waals surface area contributed by atoms with Crippen molar-refractivity contribution in [3.8, 4) is 16.5 Å². The van der Waals surface area contributed by atoms with Gasteiger partial charge in [0.1, 0.15) is 10.9 Å². The smallest absolute Gasteiger partial charge is 0.550 e. The van der Waals surface area contributed by atoms with Crippen molar-refractivity contribution in [2.24, 2.45) is 11.8 Å². The van der Waals surface area contributed by atoms with Gasteiger partial charge in [0.25, 0.3) is 0 Å². The van der Waals surface area contributed by atoms with Gasteiger partial charge in [-0.2, -0.15) is 5.26 Å². The van der Waals surface area contributed by atoms with Crippen LogP contribution < -0.4 is 40.0 Å². The molecule has 0 spiro atoms. The van der Waals surface area contributed by atoms with E-state index in [1.54, 1.807) is 6.07 Å². The molecule has 25 heavy (non-hydrogen) atoms. The van der Waals surface area contributed by atoms with Gasteiger partial charge in [0.15, 0.2) is 0 Å². The average Bonchev–Trinajstić information content (AvgIpc) is 2.96. The number of aryl methyl sites for hydroxylation is 1. The van der Waals surface area contributed by atoms with E-state index in [1.807, 2.05) is 31.2 Å². The Hall–Kier alpha value is -1.65. The molecule has 1 amide bonds. The molecule has 3 rings (SSSR count). The van der Waals surface area contributed by atoms with E-state index in [9.17, 15) is 14.7 Å². The second kappa shape index (κ2) is 8.15. The Labute approximate surface area is 172 Å². The summed E-state index contributed by atoms with van der Waals surface area (Å²) in [7, 11) is 0. The molecule has 0 bridgehead atoms. The van der Waals surface area contributed by atoms with Crippen LogP contribution in [0.3, 0.4) is 0 Å². The molecular formula is C18H15N2NaO3S. The molecule has 1 aromatic heterocycles. The largest absolute Gasteiger partial charge is 1.00 e. The maximum absolute atomic E-state index is 12.3. The SMILES string of the molecule is Cc1ccc(-c2ccc(C#N)s2)cc1NC(=O)[C@@H]1CC[C@@H]1C(=O)[O-].[Na+]. The van der Waals surface area contributed by atoms with Gasteiger partial charge in [0, 0.05) is 28.4 Å². The third kappa shape index (κ3) is 4.13. The van der Waals surface area contributed by atoms with E-state index in [0.717, 1.165) is 16.0 Å². The minimum absolute atomic E-state index is 0. The Morgan fingerprint density at radius 1 is 1.24 bits per heavy atom. The number of carboxylic acid groups (broad SMARTS) is 1. The normalized spacial score (nSPS) is 18.4. The van der Waals surface area contributed by atoms with Crippen molar-refractivity contribution in [2.45, 2.75) is 19.8 Å². The molecule has 0 saturated heterocycles. The monoisotopic (exact) mass is 362 g/mol. The fourth-order valence-electron chi connectivity index (χ4n) is 2.78. The topological polar surface area (TPSA) is 93.0 Å². The summed E-state index contributed by atoms with van der Waals surface area (Å²) in [5.74, 6) is -2.65. The third-order valence-electron chi connectivity index (χ3n) is 4.41. The molecule has 1 aromatic carbocycles. The zero-order chi connectivity index (χ0) is 17.3. The summed E-state index contributed by atoms with van der Waals surface area (Å²) in [6, 6.07) is 11.4. The summed E-state index contributed by atoms with van der Waals surface area (Å²) >= 11 is 1.39. The van der Waals surface area contributed by atoms with Gasteiger partial charge in [0.2, 0.25) is 5.91 Å². The number of hydrogen-bond donors (Lipinski definition) is 1. The third-order valence-corrected chi connectivity index (χ3v) is 5.45. The van der Waals surface area contributed by atoms with Gasteiger partial charge in [-0.3, -0.25) is 4.79 Å². The Bertz CT molecular complexity index is 856. The summed E-state index contributed by atoms with van der Waals surface area (Å²) in [6.07, 6.45) is 1.06. The molecule has 1 aliphatic rings. The molecule has 122 valence electrons. The predicted octanol–water partition coefficient (Wildman–Crippen LogP) is -0.686. The van der Waals surface area contributed by atoms with Crippen LogP contribution in [0.1, 0.15) is 23.3 Å². The molecule has 1 aliphatic carbocycles. The summed E-state index contributed by atoms with van der Waals surface area (Å²) in [5, 5.41) is 22.7. The number of thiophene rings is 1. The average molecular weight is 362 g/mol. The van der Waals surface area contributed by atoms with Gasteiger partial charge >= 0.3 is 29.6 Å². The first-order valence-corrected chi connectivity index (χ1v) is 8.44. The van der Waals surface area contributed by atoms with Crippen LogP contribution in [-0.4, -0.2) is 11.9 Å². The zero-order valence-corrected chi connectivity index (χ0v) is 16.9. The number of amides is 1. The molecule has 7 heteroatoms. The zero-order valence-electron chi connectivity index (χ0n) is 14.0. The number of nitriles is 1. The van der Waals surface area contributed by atoms with E-state index in [4.69, 9.17) is 5.26 Å². The minimum Gasteiger partial charge on any atom is -0.550 e. The fraction of sp³-hybridized carbons (Fsp3) is 0.278. The quantitative estimate of drug-likeness (QED) is 0.729. The van der Waals surface area contributed by atoms with Crippen LogP contribution in [0.5, 0.6) is 0 Å². The van der Waals surface area contributed by atoms with Crippen molar-refractivity contribution in [2.75, 3.05) is 5.32 Å². The van der Waals surface area contributed by atoms with E-state index in [1.165, 1.54) is 11.3 Å². The summed E-state index contributed by atoms with van der Waals surface area (Å²) in [6.45, 7) is 1.88. The van der Waals surface area contributed by atoms with Gasteiger partial charge in [-0.05, 0) is 49.1 Å². The predicted molar refractivity (Wildman–Crippen MR) is 89.1 cm³/mol. The Morgan fingerprint density at radius 3 is 2.52 bits per heavy atom. The number of nitrogens with one attached hydrogen (secondary N) is 1. The van der Waals surface area contributed by atoms with Crippen molar-refractivity contribution < 1.29 is 44.3 Å². The number of carboxylic acids is 1. The molecule has 0 radical (unpaired) electrons. The van der Waals surface area contributed by atoms with Crippen LogP contribution in [0.2, 0.25) is 0 Å². The standard InChI is InChI=1S/C18H16N2O3S.Na/c1-10-2-3-11(16-7-4-12(9-19)24-16)8-15(10)20-17(21)13-5-6-14(13)18(22)23;/h2-4,7-8,13-14H,5-6H2,1H3,(H,20,21)(H,22,23);/q;+1/p-1/t13-,14+;/m1./s1. The van der Waals surface area contributed by atoms with Crippen molar-refractivity contribution in [3.63, 3.8) is 0 Å². The summed E-state index contributed by atoms with van der Waals surface area (Å²) < 4.78 is 0. The molecule has 1 N–H and O–H groups in total. The van der Waals surface area contributed by atoms with E-state index >= 15 is 0 Å². The Morgan fingerprint density at radius 2 is 1.96 bits per heavy atom. The van der Waals surface area contributed by atoms with Crippen LogP contribution in [0, 0.1) is 30.1 Å². The minimum atomic E-state index is -1.16. The molecule has 1 saturated carbocycles. The van der Waals surface area contributed by atoms with E-state index < -0.39 is 17.8 Å². The number of carbonyl (C=O) groups is 2. The van der Waals surface area contributed by atoms with Crippen LogP contribution in [0.25, 0.3) is 10.4 Å². The van der Waals surface area contributed by atoms with E-state index in [-0.39, 0.29) is 35.5 Å². The first-order chi connectivity index (χ1) is 11.5. The Balaban J connectivity index is 0.00000225. The van der Waals surface area contributed by atoms with Crippen molar-refractivity contribution in [1.29, 1.82) is 5.26 Å². The summed E-state index contributed by atoms with van der Waals surface area (Å²) in [4.78, 5) is 24.9. The number of benzene rings is 1. The number of aliphatic carboxylic acids is 1. The van der Waals surface area contributed by atoms with Crippen molar-refractivity contribution in [1.82, 2.24) is 0 Å². The van der Waals surface area contributed by atoms with Gasteiger partial charge < -0.3 is 15.2 Å². The number of anilines is 1. The van der Waals surface area contributed by atoms with Crippen LogP contribution in [0.15, 0.2) is 30.3 Å². The van der Waals surface area contributed by atoms with E-state index in [2.05, 4.69) is 11.4 Å². The molecule has 0 unspecified atom stereocenters. The van der Waals surface area contributed by atoms with Gasteiger partial charge in [-0.15, -0.1) is 11.3 Å². The van der Waals surface area contributed by atoms with Gasteiger partial charge in [0.05, 0.1) is 0 Å². The second-order valence-electron chi connectivity index (χ2n) is 5.90. The molecule has 1 heterocycles. The second-order valence-corrected chi connectivity index (χ2v) is 6.99. The first-order valence-electron chi connectivity index (χ1n) is 7.62. The number of rotatable bonds is 4. The maximum Gasteiger partial charge on any atom is 1.00 e. The van der Waals surface area contributed by atoms with E-state index in [0.29, 0.717) is 23.4 Å². The fourth-order valence-corrected chi connectivity index (χ4v) is 3.58. The molecule has 1 fully saturated rings. The van der Waals surface area contributed by atoms with Crippen molar-refractivity contribution in [3.05, 3.63) is 40.8 Å². The number of hydrogen-bond acceptors (Lipinski definition) is 5. The van der Waals surface area contributed by atoms with Crippen LogP contribution in [0.4, 0.5) is 5.69 Å². The Kier molecular flexibility index (Phi) is 6.42. The summed E-state index contributed by atoms with van der Waals surface area (Å²) in [5.41, 5.74) is 2.47. The number of nitrogens with zero attached hydrogens (tertiary/aromatic N) is 1. The molecule has 2 atom stereocenters. The first kappa shape index (κ1) is 19.7. The van der Waals surface area contributed by atoms with Gasteiger partial charge in [-0.1, -0.05) is 12.1 Å². The maximum atomic E-state index is 12.3. The van der Waals surface area contributed by atoms with Crippen molar-refractivity contribution >= 4 is 28.9 Å². The molecule has 0 aliphatic heterocycles. The van der Waals surface area contributed by atoms with Crippen LogP contribution in [-0.2, 0) is 9.59 Å². The molecule has 5 nitrogen and oxygen atoms in total. The number of carbonyl (C=O) groups excluding carboxylic acids is 2. The van der Waals surface area contributed by atoms with Gasteiger partial charge in [-0.25, -0.2) is 0 Å². The van der Waals surface area contributed by atoms with Crippen LogP contribution >= 0.6 is 11.3 Å². The molecular weight excluding hydrogens is 347 g/mol.